The number of nitrogens with two attached hydrogens (primary N) is 1. The molecule has 0 aliphatic rings. The van der Waals surface area contributed by atoms with Crippen LogP contribution in [0.2, 0.25) is 0 Å². The zero-order valence-electron chi connectivity index (χ0n) is 7.98. The van der Waals surface area contributed by atoms with Crippen LogP contribution in [0.1, 0.15) is 24.9 Å². The lowest BCUT2D eigenvalue weighted by molar-refractivity contribution is 0.140. The average molecular weight is 220 g/mol. The minimum Gasteiger partial charge on any atom is -0.391 e. The Hall–Kier alpha value is -0.640. The molecule has 0 aliphatic heterocycles. The van der Waals surface area contributed by atoms with Gasteiger partial charge in [0, 0.05) is 0 Å². The molecule has 0 spiro atoms. The second-order valence-electron chi connectivity index (χ2n) is 3.05. The molecule has 1 aromatic carbocycles. The van der Waals surface area contributed by atoms with E-state index >= 15 is 0 Å². The molecule has 1 aromatic rings. The van der Waals surface area contributed by atoms with Crippen LogP contribution >= 0.6 is 12.4 Å². The van der Waals surface area contributed by atoms with Gasteiger partial charge in [-0.25, -0.2) is 4.39 Å². The second kappa shape index (κ2) is 5.96. The third kappa shape index (κ3) is 3.25. The van der Waals surface area contributed by atoms with Crippen LogP contribution in [0.4, 0.5) is 4.39 Å². The van der Waals surface area contributed by atoms with Crippen molar-refractivity contribution in [3.63, 3.8) is 0 Å². The Kier molecular flexibility index (Phi) is 5.69. The zero-order valence-corrected chi connectivity index (χ0v) is 8.80. The summed E-state index contributed by atoms with van der Waals surface area (Å²) in [4.78, 5) is 0. The molecular weight excluding hydrogens is 205 g/mol. The van der Waals surface area contributed by atoms with Gasteiger partial charge in [-0.3, -0.25) is 0 Å². The van der Waals surface area contributed by atoms with Gasteiger partial charge in [0.05, 0.1) is 12.1 Å². The van der Waals surface area contributed by atoms with Crippen LogP contribution in [0.15, 0.2) is 24.3 Å². The summed E-state index contributed by atoms with van der Waals surface area (Å²) in [6, 6.07) is 5.46. The lowest BCUT2D eigenvalue weighted by Gasteiger charge is -2.17. The monoisotopic (exact) mass is 219 g/mol. The molecule has 0 amide bonds. The Morgan fingerprint density at radius 2 is 1.86 bits per heavy atom. The first-order valence-electron chi connectivity index (χ1n) is 4.34. The summed E-state index contributed by atoms with van der Waals surface area (Å²) in [5, 5.41) is 9.43. The molecule has 0 fully saturated rings. The van der Waals surface area contributed by atoms with Crippen molar-refractivity contribution < 1.29 is 9.50 Å². The molecule has 1 rings (SSSR count). The molecule has 2 atom stereocenters. The molecule has 0 radical (unpaired) electrons. The molecule has 0 unspecified atom stereocenters. The molecule has 0 aromatic heterocycles. The van der Waals surface area contributed by atoms with Gasteiger partial charge in [0.1, 0.15) is 5.82 Å². The van der Waals surface area contributed by atoms with Gasteiger partial charge in [0.15, 0.2) is 0 Å². The van der Waals surface area contributed by atoms with Gasteiger partial charge in [-0.05, 0) is 24.1 Å². The molecule has 0 saturated carbocycles. The maximum Gasteiger partial charge on any atom is 0.123 e. The Morgan fingerprint density at radius 3 is 2.29 bits per heavy atom. The van der Waals surface area contributed by atoms with Crippen LogP contribution in [0.5, 0.6) is 0 Å². The summed E-state index contributed by atoms with van der Waals surface area (Å²) in [6.07, 6.45) is 0.0314. The van der Waals surface area contributed by atoms with E-state index in [-0.39, 0.29) is 18.2 Å². The van der Waals surface area contributed by atoms with E-state index in [1.807, 2.05) is 6.92 Å². The van der Waals surface area contributed by atoms with Crippen LogP contribution in [0.3, 0.4) is 0 Å². The number of halogens is 2. The molecule has 0 aliphatic carbocycles. The molecule has 80 valence electrons. The Bertz CT molecular complexity index is 265. The molecule has 3 N–H and O–H groups in total. The smallest absolute Gasteiger partial charge is 0.123 e. The van der Waals surface area contributed by atoms with Crippen molar-refractivity contribution in [3.05, 3.63) is 35.6 Å². The highest BCUT2D eigenvalue weighted by Crippen LogP contribution is 2.16. The Morgan fingerprint density at radius 1 is 1.36 bits per heavy atom. The topological polar surface area (TPSA) is 46.2 Å². The maximum atomic E-state index is 12.5. The SMILES string of the molecule is CC[C@@H](O)[C@@H](N)c1ccc(F)cc1.Cl. The highest BCUT2D eigenvalue weighted by molar-refractivity contribution is 5.85. The van der Waals surface area contributed by atoms with E-state index in [4.69, 9.17) is 5.73 Å². The van der Waals surface area contributed by atoms with Gasteiger partial charge in [-0.15, -0.1) is 12.4 Å². The first-order valence-corrected chi connectivity index (χ1v) is 4.34. The molecule has 2 nitrogen and oxygen atoms in total. The Balaban J connectivity index is 0.00000169. The second-order valence-corrected chi connectivity index (χ2v) is 3.05. The van der Waals surface area contributed by atoms with Gasteiger partial charge in [0.2, 0.25) is 0 Å². The molecule has 0 heterocycles. The van der Waals surface area contributed by atoms with Crippen molar-refractivity contribution >= 4 is 12.4 Å². The van der Waals surface area contributed by atoms with Gasteiger partial charge in [-0.1, -0.05) is 19.1 Å². The first-order chi connectivity index (χ1) is 6.15. The third-order valence-corrected chi connectivity index (χ3v) is 2.09. The molecular formula is C10H15ClFNO. The van der Waals surface area contributed by atoms with Crippen LogP contribution in [0, 0.1) is 5.82 Å². The fraction of sp³-hybridized carbons (Fsp3) is 0.400. The van der Waals surface area contributed by atoms with Gasteiger partial charge < -0.3 is 10.8 Å². The van der Waals surface area contributed by atoms with Crippen molar-refractivity contribution in [2.45, 2.75) is 25.5 Å². The number of benzene rings is 1. The normalized spacial score (nSPS) is 14.3. The van der Waals surface area contributed by atoms with E-state index < -0.39 is 12.1 Å². The van der Waals surface area contributed by atoms with Crippen LogP contribution < -0.4 is 5.73 Å². The lowest BCUT2D eigenvalue weighted by atomic mass is 10.0. The van der Waals surface area contributed by atoms with Crippen LogP contribution in [0.25, 0.3) is 0 Å². The van der Waals surface area contributed by atoms with Gasteiger partial charge >= 0.3 is 0 Å². The van der Waals surface area contributed by atoms with E-state index in [0.29, 0.717) is 6.42 Å². The van der Waals surface area contributed by atoms with E-state index in [0.717, 1.165) is 5.56 Å². The highest BCUT2D eigenvalue weighted by Gasteiger charge is 2.14. The standard InChI is InChI=1S/C10H14FNO.ClH/c1-2-9(13)10(12)7-3-5-8(11)6-4-7;/h3-6,9-10,13H,2,12H2,1H3;1H/t9-,10+;/m1./s1. The summed E-state index contributed by atoms with van der Waals surface area (Å²) in [5.41, 5.74) is 6.49. The fourth-order valence-electron chi connectivity index (χ4n) is 1.16. The maximum absolute atomic E-state index is 12.5. The van der Waals surface area contributed by atoms with Crippen molar-refractivity contribution in [2.75, 3.05) is 0 Å². The number of hydrogen-bond acceptors (Lipinski definition) is 2. The average Bonchev–Trinajstić information content (AvgIpc) is 2.17. The summed E-state index contributed by atoms with van der Waals surface area (Å²) < 4.78 is 12.5. The minimum absolute atomic E-state index is 0. The molecule has 14 heavy (non-hydrogen) atoms. The Labute approximate surface area is 89.3 Å². The summed E-state index contributed by atoms with van der Waals surface area (Å²) >= 11 is 0. The predicted octanol–water partition coefficient (Wildman–Crippen LogP) is 2.02. The van der Waals surface area contributed by atoms with Crippen LogP contribution in [-0.2, 0) is 0 Å². The minimum atomic E-state index is -0.564. The largest absolute Gasteiger partial charge is 0.391 e. The van der Waals surface area contributed by atoms with Crippen molar-refractivity contribution in [1.29, 1.82) is 0 Å². The van der Waals surface area contributed by atoms with E-state index in [1.165, 1.54) is 12.1 Å². The van der Waals surface area contributed by atoms with Crippen molar-refractivity contribution in [1.82, 2.24) is 0 Å². The quantitative estimate of drug-likeness (QED) is 0.817. The predicted molar refractivity (Wildman–Crippen MR) is 56.9 cm³/mol. The molecule has 4 heteroatoms. The summed E-state index contributed by atoms with van der Waals surface area (Å²) in [7, 11) is 0. The fourth-order valence-corrected chi connectivity index (χ4v) is 1.16. The van der Waals surface area contributed by atoms with E-state index in [2.05, 4.69) is 0 Å². The van der Waals surface area contributed by atoms with E-state index in [1.54, 1.807) is 12.1 Å². The van der Waals surface area contributed by atoms with Gasteiger partial charge in [-0.2, -0.15) is 0 Å². The number of aliphatic hydroxyl groups excluding tert-OH is 1. The number of hydrogen-bond donors (Lipinski definition) is 2. The highest BCUT2D eigenvalue weighted by atomic mass is 35.5. The van der Waals surface area contributed by atoms with Crippen molar-refractivity contribution in [2.24, 2.45) is 5.73 Å². The molecule has 0 bridgehead atoms. The number of rotatable bonds is 3. The number of aliphatic hydroxyl groups is 1. The third-order valence-electron chi connectivity index (χ3n) is 2.09. The van der Waals surface area contributed by atoms with Gasteiger partial charge in [0.25, 0.3) is 0 Å². The lowest BCUT2D eigenvalue weighted by Crippen LogP contribution is -2.25. The summed E-state index contributed by atoms with van der Waals surface area (Å²) in [5.74, 6) is -0.290. The molecule has 0 saturated heterocycles. The van der Waals surface area contributed by atoms with Crippen molar-refractivity contribution in [3.8, 4) is 0 Å². The zero-order chi connectivity index (χ0) is 9.84. The summed E-state index contributed by atoms with van der Waals surface area (Å²) in [6.45, 7) is 1.86. The first kappa shape index (κ1) is 13.4. The van der Waals surface area contributed by atoms with Crippen LogP contribution in [-0.4, -0.2) is 11.2 Å². The van der Waals surface area contributed by atoms with E-state index in [9.17, 15) is 9.50 Å².